The number of rotatable bonds is 5. The minimum Gasteiger partial charge on any atom is -0.373 e. The summed E-state index contributed by atoms with van der Waals surface area (Å²) in [6, 6.07) is 17.6. The predicted octanol–water partition coefficient (Wildman–Crippen LogP) is 4.30. The molecule has 7 nitrogen and oxygen atoms in total. The second-order valence-corrected chi connectivity index (χ2v) is 6.81. The average Bonchev–Trinajstić information content (AvgIpc) is 3.05. The maximum atomic E-state index is 12.7. The number of amides is 1. The number of aromatic nitrogens is 1. The van der Waals surface area contributed by atoms with Gasteiger partial charge in [-0.25, -0.2) is 0 Å². The molecule has 0 bridgehead atoms. The van der Waals surface area contributed by atoms with Gasteiger partial charge >= 0.3 is 0 Å². The van der Waals surface area contributed by atoms with Crippen LogP contribution in [0.4, 0.5) is 28.9 Å². The number of aldehydes is 1. The Hall–Kier alpha value is -4.12. The molecule has 1 aliphatic heterocycles. The van der Waals surface area contributed by atoms with Crippen molar-refractivity contribution in [3.05, 3.63) is 89.3 Å². The van der Waals surface area contributed by atoms with Crippen LogP contribution in [0.5, 0.6) is 0 Å². The topological polar surface area (TPSA) is 95.5 Å². The number of anilines is 2. The van der Waals surface area contributed by atoms with Crippen LogP contribution in [0.15, 0.2) is 59.6 Å². The minimum absolute atomic E-state index is 0.147. The van der Waals surface area contributed by atoms with Crippen LogP contribution in [-0.2, 0) is 9.59 Å². The molecule has 2 heterocycles. The van der Waals surface area contributed by atoms with Gasteiger partial charge in [0.1, 0.15) is 12.0 Å². The number of nitrogens with zero attached hydrogens (tertiary/aromatic N) is 2. The number of benzodiazepines with no additional fused rings is 1. The van der Waals surface area contributed by atoms with E-state index in [1.54, 1.807) is 7.05 Å². The summed E-state index contributed by atoms with van der Waals surface area (Å²) in [6.07, 6.45) is -0.299. The zero-order chi connectivity index (χ0) is 26.7. The second kappa shape index (κ2) is 13.7. The predicted molar refractivity (Wildman–Crippen MR) is 130 cm³/mol. The number of carbonyl (C=O) groups is 2. The summed E-state index contributed by atoms with van der Waals surface area (Å²) in [6.45, 7) is 3.54. The van der Waals surface area contributed by atoms with Crippen LogP contribution < -0.4 is 16.0 Å². The number of carbonyl (C=O) groups excluding carboxylic acids is 2. The van der Waals surface area contributed by atoms with Crippen molar-refractivity contribution in [2.45, 2.75) is 20.0 Å². The Balaban J connectivity index is 0.000000252. The number of halogens is 4. The standard InChI is InChI=1S/C16H15N3O.C7H4F4N2O.C2H6/c1-17-15-16(20)18-13-10-6-5-9-12(13)14(19-15)11-7-3-2-4-8-11;8-3-5(12-1-2-14)4(9)7(11)13-6(3)10;1-2/h2-10,15,17H,1H3,(H,18,20);2H,1H2,(H,12,13);1-2H3. The van der Waals surface area contributed by atoms with E-state index in [-0.39, 0.29) is 12.2 Å². The fraction of sp³-hybridized carbons (Fsp3) is 0.200. The molecule has 1 aromatic heterocycles. The molecule has 0 spiro atoms. The molecule has 0 fully saturated rings. The highest BCUT2D eigenvalue weighted by Crippen LogP contribution is 2.23. The van der Waals surface area contributed by atoms with Crippen LogP contribution >= 0.6 is 0 Å². The zero-order valence-electron chi connectivity index (χ0n) is 19.8. The maximum absolute atomic E-state index is 12.7. The summed E-state index contributed by atoms with van der Waals surface area (Å²) < 4.78 is 50.3. The highest BCUT2D eigenvalue weighted by molar-refractivity contribution is 6.19. The van der Waals surface area contributed by atoms with Gasteiger partial charge in [0, 0.05) is 11.1 Å². The van der Waals surface area contributed by atoms with E-state index in [2.05, 4.69) is 20.6 Å². The first kappa shape index (κ1) is 28.1. The van der Waals surface area contributed by atoms with Crippen molar-refractivity contribution in [3.63, 3.8) is 0 Å². The molecule has 1 atom stereocenters. The fourth-order valence-electron chi connectivity index (χ4n) is 3.06. The van der Waals surface area contributed by atoms with Gasteiger partial charge in [-0.1, -0.05) is 62.4 Å². The molecular weight excluding hydrogens is 478 g/mol. The fourth-order valence-corrected chi connectivity index (χ4v) is 3.06. The molecule has 0 saturated carbocycles. The molecule has 2 aromatic carbocycles. The number of pyridine rings is 1. The van der Waals surface area contributed by atoms with Gasteiger partial charge in [0.05, 0.1) is 17.9 Å². The van der Waals surface area contributed by atoms with Crippen LogP contribution in [0.3, 0.4) is 0 Å². The largest absolute Gasteiger partial charge is 0.373 e. The third-order valence-corrected chi connectivity index (χ3v) is 4.63. The van der Waals surface area contributed by atoms with Crippen LogP contribution in [0.2, 0.25) is 0 Å². The Bertz CT molecular complexity index is 1200. The lowest BCUT2D eigenvalue weighted by atomic mass is 10.0. The molecule has 1 aliphatic rings. The summed E-state index contributed by atoms with van der Waals surface area (Å²) >= 11 is 0. The normalized spacial score (nSPS) is 13.9. The Kier molecular flexibility index (Phi) is 10.7. The number of nitrogens with one attached hydrogen (secondary N) is 3. The van der Waals surface area contributed by atoms with E-state index in [0.29, 0.717) is 0 Å². The summed E-state index contributed by atoms with van der Waals surface area (Å²) in [4.78, 5) is 28.9. The average molecular weight is 504 g/mol. The third kappa shape index (κ3) is 6.72. The maximum Gasteiger partial charge on any atom is 0.263 e. The van der Waals surface area contributed by atoms with Gasteiger partial charge in [0.15, 0.2) is 6.17 Å². The molecule has 4 rings (SSSR count). The number of para-hydroxylation sites is 1. The lowest BCUT2D eigenvalue weighted by Gasteiger charge is -2.09. The van der Waals surface area contributed by atoms with Gasteiger partial charge in [0.2, 0.25) is 11.6 Å². The Labute approximate surface area is 205 Å². The number of hydrogen-bond donors (Lipinski definition) is 3. The molecule has 1 amide bonds. The molecule has 0 radical (unpaired) electrons. The summed E-state index contributed by atoms with van der Waals surface area (Å²) in [5, 5.41) is 7.71. The lowest BCUT2D eigenvalue weighted by molar-refractivity contribution is -0.117. The minimum atomic E-state index is -1.77. The zero-order valence-corrected chi connectivity index (χ0v) is 19.8. The molecule has 0 aliphatic carbocycles. The van der Waals surface area contributed by atoms with Crippen molar-refractivity contribution in [2.24, 2.45) is 4.99 Å². The summed E-state index contributed by atoms with van der Waals surface area (Å²) in [5.41, 5.74) is 2.50. The highest BCUT2D eigenvalue weighted by atomic mass is 19.2. The highest BCUT2D eigenvalue weighted by Gasteiger charge is 2.24. The molecule has 0 saturated heterocycles. The van der Waals surface area contributed by atoms with Gasteiger partial charge in [-0.15, -0.1) is 0 Å². The Morgan fingerprint density at radius 3 is 2.11 bits per heavy atom. The molecule has 3 aromatic rings. The van der Waals surface area contributed by atoms with Gasteiger partial charge in [-0.2, -0.15) is 22.5 Å². The first-order chi connectivity index (χ1) is 17.4. The van der Waals surface area contributed by atoms with Gasteiger partial charge in [0.25, 0.3) is 17.8 Å². The first-order valence-corrected chi connectivity index (χ1v) is 11.0. The summed E-state index contributed by atoms with van der Waals surface area (Å²) in [5.74, 6) is -7.00. The number of likely N-dealkylation sites (N-methyl/N-ethyl adjacent to an activating group) is 1. The molecular formula is C25H25F4N5O2. The lowest BCUT2D eigenvalue weighted by Crippen LogP contribution is -2.36. The van der Waals surface area contributed by atoms with E-state index < -0.39 is 41.9 Å². The third-order valence-electron chi connectivity index (χ3n) is 4.63. The van der Waals surface area contributed by atoms with Crippen molar-refractivity contribution in [2.75, 3.05) is 24.2 Å². The molecule has 190 valence electrons. The number of fused-ring (bicyclic) bond motifs is 1. The van der Waals surface area contributed by atoms with Crippen LogP contribution in [0, 0.1) is 23.5 Å². The molecule has 11 heteroatoms. The van der Waals surface area contributed by atoms with Crippen molar-refractivity contribution in [3.8, 4) is 0 Å². The van der Waals surface area contributed by atoms with E-state index in [0.717, 1.165) is 22.5 Å². The Morgan fingerprint density at radius 1 is 0.944 bits per heavy atom. The van der Waals surface area contributed by atoms with Crippen LogP contribution in [-0.4, -0.2) is 42.6 Å². The first-order valence-electron chi connectivity index (χ1n) is 11.0. The molecule has 3 N–H and O–H groups in total. The van der Waals surface area contributed by atoms with Crippen molar-refractivity contribution in [1.82, 2.24) is 10.3 Å². The van der Waals surface area contributed by atoms with Crippen molar-refractivity contribution >= 4 is 29.3 Å². The number of aliphatic imine (C=N–C) groups is 1. The smallest absolute Gasteiger partial charge is 0.263 e. The van der Waals surface area contributed by atoms with Gasteiger partial charge in [-0.05, 0) is 13.1 Å². The Morgan fingerprint density at radius 2 is 1.53 bits per heavy atom. The van der Waals surface area contributed by atoms with E-state index in [1.165, 1.54) is 0 Å². The number of benzene rings is 2. The van der Waals surface area contributed by atoms with E-state index in [9.17, 15) is 27.2 Å². The van der Waals surface area contributed by atoms with Crippen LogP contribution in [0.1, 0.15) is 25.0 Å². The van der Waals surface area contributed by atoms with E-state index >= 15 is 0 Å². The van der Waals surface area contributed by atoms with Gasteiger partial charge in [-0.3, -0.25) is 15.1 Å². The summed E-state index contributed by atoms with van der Waals surface area (Å²) in [7, 11) is 1.73. The van der Waals surface area contributed by atoms with Gasteiger partial charge < -0.3 is 15.4 Å². The van der Waals surface area contributed by atoms with Crippen molar-refractivity contribution in [1.29, 1.82) is 0 Å². The van der Waals surface area contributed by atoms with E-state index in [4.69, 9.17) is 0 Å². The quantitative estimate of drug-likeness (QED) is 0.274. The van der Waals surface area contributed by atoms with E-state index in [1.807, 2.05) is 73.8 Å². The molecule has 1 unspecified atom stereocenters. The second-order valence-electron chi connectivity index (χ2n) is 6.81. The SMILES string of the molecule is CC.CNC1N=C(c2ccccc2)c2ccccc2NC1=O.O=CCNc1c(F)c(F)nc(F)c1F. The van der Waals surface area contributed by atoms with Crippen LogP contribution in [0.25, 0.3) is 0 Å². The van der Waals surface area contributed by atoms with Crippen molar-refractivity contribution < 1.29 is 27.2 Å². The monoisotopic (exact) mass is 503 g/mol. The number of hydrogen-bond acceptors (Lipinski definition) is 6. The molecule has 36 heavy (non-hydrogen) atoms.